The number of carbonyl (C=O) groups is 1. The normalized spacial score (nSPS) is 11.8. The lowest BCUT2D eigenvalue weighted by Gasteiger charge is -2.21. The van der Waals surface area contributed by atoms with Gasteiger partial charge in [-0.25, -0.2) is 4.98 Å². The van der Waals surface area contributed by atoms with Gasteiger partial charge in [-0.1, -0.05) is 91.9 Å². The van der Waals surface area contributed by atoms with Crippen LogP contribution in [0.25, 0.3) is 22.2 Å². The summed E-state index contributed by atoms with van der Waals surface area (Å²) in [5.74, 6) is -0.0670. The predicted molar refractivity (Wildman–Crippen MR) is 146 cm³/mol. The molecule has 0 spiro atoms. The van der Waals surface area contributed by atoms with E-state index in [0.29, 0.717) is 12.0 Å². The number of fused-ring (bicyclic) bond motifs is 1. The third kappa shape index (κ3) is 5.03. The van der Waals surface area contributed by atoms with Crippen LogP contribution >= 0.6 is 0 Å². The molecule has 36 heavy (non-hydrogen) atoms. The van der Waals surface area contributed by atoms with E-state index in [-0.39, 0.29) is 11.9 Å². The average molecular weight is 472 g/mol. The largest absolute Gasteiger partial charge is 0.345 e. The second kappa shape index (κ2) is 11.0. The number of nitrogens with one attached hydrogen (secondary N) is 1. The Hall–Kier alpha value is -4.31. The number of amides is 1. The molecule has 0 aliphatic rings. The van der Waals surface area contributed by atoms with Gasteiger partial charge in [0.15, 0.2) is 0 Å². The molecule has 2 heterocycles. The molecule has 1 unspecified atom stereocenters. The molecule has 5 rings (SSSR count). The summed E-state index contributed by atoms with van der Waals surface area (Å²) in [5.41, 5.74) is 6.59. The van der Waals surface area contributed by atoms with Gasteiger partial charge in [-0.2, -0.15) is 0 Å². The van der Waals surface area contributed by atoms with E-state index < -0.39 is 0 Å². The van der Waals surface area contributed by atoms with Crippen molar-refractivity contribution in [1.29, 1.82) is 0 Å². The SMILES string of the molecule is CCC(NC(=O)c1c(CCc2cccnc2)c(-c2ccccc2)nc2ccccc12)c1ccccc1. The average Bonchev–Trinajstić information content (AvgIpc) is 2.95. The van der Waals surface area contributed by atoms with Crippen molar-refractivity contribution < 1.29 is 4.79 Å². The van der Waals surface area contributed by atoms with Gasteiger partial charge in [0.1, 0.15) is 0 Å². The van der Waals surface area contributed by atoms with Crippen LogP contribution in [0.1, 0.15) is 46.4 Å². The first-order valence-corrected chi connectivity index (χ1v) is 12.5. The Morgan fingerprint density at radius 3 is 2.28 bits per heavy atom. The van der Waals surface area contributed by atoms with Gasteiger partial charge in [0.2, 0.25) is 0 Å². The summed E-state index contributed by atoms with van der Waals surface area (Å²) in [6, 6.07) is 32.2. The van der Waals surface area contributed by atoms with Crippen molar-refractivity contribution in [2.24, 2.45) is 0 Å². The van der Waals surface area contributed by atoms with Gasteiger partial charge in [-0.05, 0) is 48.1 Å². The van der Waals surface area contributed by atoms with E-state index in [4.69, 9.17) is 4.98 Å². The molecule has 1 amide bonds. The molecule has 0 saturated carbocycles. The topological polar surface area (TPSA) is 54.9 Å². The number of aryl methyl sites for hydroxylation is 1. The van der Waals surface area contributed by atoms with Crippen LogP contribution in [0.4, 0.5) is 0 Å². The van der Waals surface area contributed by atoms with Gasteiger partial charge in [-0.3, -0.25) is 9.78 Å². The molecule has 0 radical (unpaired) electrons. The van der Waals surface area contributed by atoms with Crippen molar-refractivity contribution in [2.45, 2.75) is 32.2 Å². The number of para-hydroxylation sites is 1. The Balaban J connectivity index is 1.64. The highest BCUT2D eigenvalue weighted by Crippen LogP contribution is 2.32. The van der Waals surface area contributed by atoms with Crippen LogP contribution in [0.2, 0.25) is 0 Å². The fraction of sp³-hybridized carbons (Fsp3) is 0.156. The molecule has 4 nitrogen and oxygen atoms in total. The van der Waals surface area contributed by atoms with Gasteiger partial charge in [0, 0.05) is 23.3 Å². The van der Waals surface area contributed by atoms with Crippen LogP contribution in [-0.2, 0) is 12.8 Å². The van der Waals surface area contributed by atoms with Crippen molar-refractivity contribution in [3.63, 3.8) is 0 Å². The van der Waals surface area contributed by atoms with Crippen LogP contribution in [-0.4, -0.2) is 15.9 Å². The van der Waals surface area contributed by atoms with Gasteiger partial charge < -0.3 is 5.32 Å². The molecular formula is C32H29N3O. The number of carbonyl (C=O) groups excluding carboxylic acids is 1. The molecule has 3 aromatic carbocycles. The summed E-state index contributed by atoms with van der Waals surface area (Å²) >= 11 is 0. The van der Waals surface area contributed by atoms with E-state index in [1.807, 2.05) is 72.9 Å². The first-order chi connectivity index (χ1) is 17.7. The van der Waals surface area contributed by atoms with Gasteiger partial charge in [0.25, 0.3) is 5.91 Å². The third-order valence-electron chi connectivity index (χ3n) is 6.57. The second-order valence-corrected chi connectivity index (χ2v) is 8.90. The van der Waals surface area contributed by atoms with E-state index in [1.165, 1.54) is 0 Å². The number of pyridine rings is 2. The standard InChI is InChI=1S/C32H29N3O/c1-2-28(24-13-5-3-6-14-24)35-32(36)30-26-17-9-10-18-29(26)34-31(25-15-7-4-8-16-25)27(30)20-19-23-12-11-21-33-22-23/h3-18,21-22,28H,2,19-20H2,1H3,(H,35,36). The lowest BCUT2D eigenvalue weighted by atomic mass is 9.91. The fourth-order valence-electron chi connectivity index (χ4n) is 4.74. The summed E-state index contributed by atoms with van der Waals surface area (Å²) in [5, 5.41) is 4.20. The Kier molecular flexibility index (Phi) is 7.13. The highest BCUT2D eigenvalue weighted by atomic mass is 16.1. The molecule has 0 aliphatic carbocycles. The summed E-state index contributed by atoms with van der Waals surface area (Å²) in [6.45, 7) is 2.10. The minimum atomic E-state index is -0.0722. The molecule has 4 heteroatoms. The van der Waals surface area contributed by atoms with E-state index in [0.717, 1.165) is 51.7 Å². The highest BCUT2D eigenvalue weighted by molar-refractivity contribution is 6.09. The Labute approximate surface area is 212 Å². The molecule has 0 saturated heterocycles. The lowest BCUT2D eigenvalue weighted by molar-refractivity contribution is 0.0936. The van der Waals surface area contributed by atoms with Crippen LogP contribution < -0.4 is 5.32 Å². The minimum absolute atomic E-state index is 0.0670. The number of hydrogen-bond donors (Lipinski definition) is 1. The van der Waals surface area contributed by atoms with E-state index >= 15 is 0 Å². The molecule has 0 fully saturated rings. The number of nitrogens with zero attached hydrogens (tertiary/aromatic N) is 2. The Bertz CT molecular complexity index is 1450. The molecule has 1 atom stereocenters. The smallest absolute Gasteiger partial charge is 0.252 e. The zero-order valence-corrected chi connectivity index (χ0v) is 20.4. The molecule has 1 N–H and O–H groups in total. The predicted octanol–water partition coefficient (Wildman–Crippen LogP) is 6.96. The Morgan fingerprint density at radius 1 is 0.833 bits per heavy atom. The quantitative estimate of drug-likeness (QED) is 0.266. The monoisotopic (exact) mass is 471 g/mol. The maximum absolute atomic E-state index is 14.1. The van der Waals surface area contributed by atoms with Gasteiger partial charge in [0.05, 0.1) is 22.8 Å². The molecular weight excluding hydrogens is 442 g/mol. The first-order valence-electron chi connectivity index (χ1n) is 12.5. The van der Waals surface area contributed by atoms with Crippen molar-refractivity contribution in [2.75, 3.05) is 0 Å². The summed E-state index contributed by atoms with van der Waals surface area (Å²) < 4.78 is 0. The molecule has 5 aromatic rings. The first kappa shape index (κ1) is 23.4. The van der Waals surface area contributed by atoms with Crippen molar-refractivity contribution in [3.8, 4) is 11.3 Å². The van der Waals surface area contributed by atoms with E-state index in [2.05, 4.69) is 47.6 Å². The number of hydrogen-bond acceptors (Lipinski definition) is 3. The zero-order chi connectivity index (χ0) is 24.7. The highest BCUT2D eigenvalue weighted by Gasteiger charge is 2.23. The molecule has 0 aliphatic heterocycles. The van der Waals surface area contributed by atoms with Crippen LogP contribution in [0.5, 0.6) is 0 Å². The van der Waals surface area contributed by atoms with Crippen molar-refractivity contribution in [3.05, 3.63) is 132 Å². The summed E-state index contributed by atoms with van der Waals surface area (Å²) in [6.07, 6.45) is 5.92. The maximum Gasteiger partial charge on any atom is 0.252 e. The van der Waals surface area contributed by atoms with Gasteiger partial charge in [-0.15, -0.1) is 0 Å². The summed E-state index contributed by atoms with van der Waals surface area (Å²) in [4.78, 5) is 23.4. The fourth-order valence-corrected chi connectivity index (χ4v) is 4.74. The molecule has 2 aromatic heterocycles. The second-order valence-electron chi connectivity index (χ2n) is 8.90. The summed E-state index contributed by atoms with van der Waals surface area (Å²) in [7, 11) is 0. The number of benzene rings is 3. The maximum atomic E-state index is 14.1. The van der Waals surface area contributed by atoms with Crippen LogP contribution in [0.3, 0.4) is 0 Å². The van der Waals surface area contributed by atoms with E-state index in [9.17, 15) is 4.79 Å². The molecule has 0 bridgehead atoms. The van der Waals surface area contributed by atoms with Crippen molar-refractivity contribution >= 4 is 16.8 Å². The number of rotatable bonds is 8. The molecule has 178 valence electrons. The minimum Gasteiger partial charge on any atom is -0.345 e. The van der Waals surface area contributed by atoms with Crippen LogP contribution in [0, 0.1) is 0 Å². The van der Waals surface area contributed by atoms with Crippen molar-refractivity contribution in [1.82, 2.24) is 15.3 Å². The number of aromatic nitrogens is 2. The van der Waals surface area contributed by atoms with Gasteiger partial charge >= 0.3 is 0 Å². The Morgan fingerprint density at radius 2 is 1.56 bits per heavy atom. The van der Waals surface area contributed by atoms with Crippen LogP contribution in [0.15, 0.2) is 109 Å². The third-order valence-corrected chi connectivity index (χ3v) is 6.57. The van der Waals surface area contributed by atoms with E-state index in [1.54, 1.807) is 6.20 Å². The zero-order valence-electron chi connectivity index (χ0n) is 20.4. The lowest BCUT2D eigenvalue weighted by Crippen LogP contribution is -2.29.